The standard InChI is InChI=1S/C94H115N9O5/c1-10-13-16-35-85(92(105)99-54-25-27-57-108-82-62-70(58-71(60-76-31-17-21-50-95-76)61-77-32-18-22-51-96-77)59-72(63-82)66-101(67-78-33-19-23-52-97-78)68-79-34-20-24-53-98-79)100-90(104)49-38-69-36-39-75(40-37-69)91-73(41-47-88-93(4,5)83-64-80(106-8)43-45-86(83)102(88)55-15-12-3)29-28-30-74(91)42-48-89-94(6,7)84-65-81(107-9)44-46-87(84)103(89)56-26-14-11-2/h17-24,31-34,36-37,39-48,50-53,59,62-65,71,85H,10-16,25-30,35,38,49,54-58,60-61,66-68H2,1-9H3,(H-,99,100,104,105)/p+1/t85-/m0/s1. The van der Waals surface area contributed by atoms with Gasteiger partial charge in [0, 0.05) is 116 Å². The molecule has 11 rings (SSSR count). The van der Waals surface area contributed by atoms with Crippen molar-refractivity contribution in [2.24, 2.45) is 5.92 Å². The quantitative estimate of drug-likeness (QED) is 0.0279. The van der Waals surface area contributed by atoms with Crippen molar-refractivity contribution in [3.05, 3.63) is 274 Å². The number of hydrogen-bond donors (Lipinski definition) is 2. The first-order valence-corrected chi connectivity index (χ1v) is 40.0. The Hall–Kier alpha value is -9.79. The highest BCUT2D eigenvalue weighted by Gasteiger charge is 2.45. The molecule has 0 unspecified atom stereocenters. The summed E-state index contributed by atoms with van der Waals surface area (Å²) >= 11 is 0. The van der Waals surface area contributed by atoms with Crippen LogP contribution in [0.5, 0.6) is 17.2 Å². The van der Waals surface area contributed by atoms with Crippen LogP contribution >= 0.6 is 0 Å². The van der Waals surface area contributed by atoms with Crippen LogP contribution in [0.4, 0.5) is 11.4 Å². The molecule has 1 atom stereocenters. The molecule has 566 valence electrons. The van der Waals surface area contributed by atoms with Crippen molar-refractivity contribution >= 4 is 34.5 Å². The number of carbonyl (C=O) groups excluding carboxylic acids is 2. The number of nitrogens with zero attached hydrogens (tertiary/aromatic N) is 7. The van der Waals surface area contributed by atoms with E-state index in [1.807, 2.05) is 61.2 Å². The molecule has 0 fully saturated rings. The lowest BCUT2D eigenvalue weighted by molar-refractivity contribution is -0.438. The van der Waals surface area contributed by atoms with Crippen molar-refractivity contribution < 1.29 is 28.4 Å². The Morgan fingerprint density at radius 3 is 1.86 bits per heavy atom. The molecule has 0 saturated carbocycles. The molecule has 0 radical (unpaired) electrons. The highest BCUT2D eigenvalue weighted by Crippen LogP contribution is 2.50. The van der Waals surface area contributed by atoms with Gasteiger partial charge < -0.3 is 29.7 Å². The number of carbonyl (C=O) groups is 2. The van der Waals surface area contributed by atoms with E-state index in [-0.39, 0.29) is 35.0 Å². The summed E-state index contributed by atoms with van der Waals surface area (Å²) in [5.41, 5.74) is 19.8. The van der Waals surface area contributed by atoms with E-state index in [1.54, 1.807) is 14.2 Å². The number of nitrogens with one attached hydrogen (secondary N) is 2. The van der Waals surface area contributed by atoms with Gasteiger partial charge in [-0.3, -0.25) is 34.4 Å². The highest BCUT2D eigenvalue weighted by atomic mass is 16.5. The summed E-state index contributed by atoms with van der Waals surface area (Å²) in [6.07, 6.45) is 33.8. The number of ether oxygens (including phenoxy) is 3. The van der Waals surface area contributed by atoms with Crippen LogP contribution < -0.4 is 29.7 Å². The van der Waals surface area contributed by atoms with Gasteiger partial charge in [-0.2, -0.15) is 4.58 Å². The van der Waals surface area contributed by atoms with Crippen LogP contribution in [0.1, 0.15) is 201 Å². The molecule has 8 aromatic rings. The molecule has 0 spiro atoms. The van der Waals surface area contributed by atoms with Crippen molar-refractivity contribution in [2.75, 3.05) is 45.4 Å². The van der Waals surface area contributed by atoms with E-state index in [2.05, 4.69) is 213 Å². The Kier molecular flexibility index (Phi) is 28.9. The lowest BCUT2D eigenvalue weighted by atomic mass is 9.79. The van der Waals surface area contributed by atoms with Crippen molar-refractivity contribution in [1.29, 1.82) is 0 Å². The summed E-state index contributed by atoms with van der Waals surface area (Å²) in [5.74, 6) is 2.54. The minimum absolute atomic E-state index is 0.122. The number of amides is 2. The first-order chi connectivity index (χ1) is 52.6. The maximum atomic E-state index is 14.1. The number of methoxy groups -OCH3 is 2. The maximum Gasteiger partial charge on any atom is 0.242 e. The van der Waals surface area contributed by atoms with Crippen LogP contribution in [0.3, 0.4) is 0 Å². The summed E-state index contributed by atoms with van der Waals surface area (Å²) in [6.45, 7) is 20.9. The second-order valence-electron chi connectivity index (χ2n) is 30.6. The Labute approximate surface area is 644 Å². The molecule has 2 N–H and O–H groups in total. The van der Waals surface area contributed by atoms with Gasteiger partial charge in [-0.05, 0) is 238 Å². The fraction of sp³-hybridized carbons (Fsp3) is 0.415. The summed E-state index contributed by atoms with van der Waals surface area (Å²) in [7, 11) is 3.51. The third-order valence-corrected chi connectivity index (χ3v) is 21.7. The highest BCUT2D eigenvalue weighted by molar-refractivity contribution is 6.04. The minimum Gasteiger partial charge on any atom is -0.497 e. The average Bonchev–Trinajstić information content (AvgIpc) is 1.59. The number of anilines is 1. The summed E-state index contributed by atoms with van der Waals surface area (Å²) < 4.78 is 20.8. The van der Waals surface area contributed by atoms with E-state index in [0.717, 1.165) is 154 Å². The third-order valence-electron chi connectivity index (χ3n) is 21.7. The van der Waals surface area contributed by atoms with Crippen molar-refractivity contribution in [3.8, 4) is 17.2 Å². The van der Waals surface area contributed by atoms with Gasteiger partial charge in [0.05, 0.1) is 37.6 Å². The van der Waals surface area contributed by atoms with Gasteiger partial charge in [-0.25, -0.2) is 0 Å². The normalized spacial score (nSPS) is 15.5. The van der Waals surface area contributed by atoms with E-state index >= 15 is 0 Å². The molecule has 3 aliphatic rings. The Balaban J connectivity index is 0.771. The number of fused-ring (bicyclic) bond motifs is 2. The summed E-state index contributed by atoms with van der Waals surface area (Å²) in [6, 6.07) is 52.5. The Morgan fingerprint density at radius 1 is 0.593 bits per heavy atom. The number of hydrogen-bond acceptors (Lipinski definition) is 11. The zero-order valence-electron chi connectivity index (χ0n) is 65.8. The van der Waals surface area contributed by atoms with Crippen LogP contribution in [-0.2, 0) is 65.7 Å². The largest absolute Gasteiger partial charge is 0.497 e. The van der Waals surface area contributed by atoms with Crippen LogP contribution in [-0.4, -0.2) is 93.4 Å². The molecule has 0 saturated heterocycles. The molecule has 4 aromatic heterocycles. The summed E-state index contributed by atoms with van der Waals surface area (Å²) in [5, 5.41) is 6.38. The fourth-order valence-corrected chi connectivity index (χ4v) is 15.9. The molecule has 0 bridgehead atoms. The lowest BCUT2D eigenvalue weighted by Gasteiger charge is -2.27. The number of rotatable bonds is 40. The zero-order valence-corrected chi connectivity index (χ0v) is 65.8. The van der Waals surface area contributed by atoms with Crippen LogP contribution in [0.2, 0.25) is 0 Å². The van der Waals surface area contributed by atoms with E-state index < -0.39 is 6.04 Å². The van der Waals surface area contributed by atoms with Gasteiger partial charge in [-0.15, -0.1) is 0 Å². The van der Waals surface area contributed by atoms with Crippen molar-refractivity contribution in [2.45, 2.75) is 207 Å². The van der Waals surface area contributed by atoms with E-state index in [1.165, 1.54) is 68.2 Å². The zero-order chi connectivity index (χ0) is 75.7. The maximum absolute atomic E-state index is 14.1. The van der Waals surface area contributed by atoms with Crippen molar-refractivity contribution in [3.63, 3.8) is 0 Å². The molecule has 2 amide bonds. The molecule has 1 aliphatic carbocycles. The molecule has 4 aromatic carbocycles. The van der Waals surface area contributed by atoms with E-state index in [0.29, 0.717) is 52.0 Å². The number of unbranched alkanes of at least 4 members (excludes halogenated alkanes) is 6. The number of pyridine rings is 4. The van der Waals surface area contributed by atoms with Gasteiger partial charge in [0.1, 0.15) is 29.8 Å². The van der Waals surface area contributed by atoms with Gasteiger partial charge in [0.15, 0.2) is 5.71 Å². The Morgan fingerprint density at radius 2 is 1.22 bits per heavy atom. The lowest BCUT2D eigenvalue weighted by Crippen LogP contribution is -2.47. The predicted molar refractivity (Wildman–Crippen MR) is 439 cm³/mol. The number of aromatic nitrogens is 4. The van der Waals surface area contributed by atoms with Gasteiger partial charge in [-0.1, -0.05) is 133 Å². The van der Waals surface area contributed by atoms with Gasteiger partial charge in [0.25, 0.3) is 0 Å². The molecule has 14 nitrogen and oxygen atoms in total. The molecule has 6 heterocycles. The topological polar surface area (TPSA) is 147 Å². The second-order valence-corrected chi connectivity index (χ2v) is 30.6. The average molecular weight is 1450 g/mol. The minimum atomic E-state index is -0.623. The number of aryl methyl sites for hydroxylation is 1. The third kappa shape index (κ3) is 21.3. The smallest absolute Gasteiger partial charge is 0.242 e. The first kappa shape index (κ1) is 79.3. The van der Waals surface area contributed by atoms with Crippen LogP contribution in [0.15, 0.2) is 218 Å². The predicted octanol–water partition coefficient (Wildman–Crippen LogP) is 19.3. The van der Waals surface area contributed by atoms with E-state index in [4.69, 9.17) is 34.1 Å². The summed E-state index contributed by atoms with van der Waals surface area (Å²) in [4.78, 5) is 52.0. The van der Waals surface area contributed by atoms with Gasteiger partial charge in [0.2, 0.25) is 17.5 Å². The van der Waals surface area contributed by atoms with Gasteiger partial charge >= 0.3 is 0 Å². The fourth-order valence-electron chi connectivity index (χ4n) is 15.9. The number of allylic oxidation sites excluding steroid dienone is 8. The molecule has 14 heteroatoms. The van der Waals surface area contributed by atoms with Crippen molar-refractivity contribution in [1.82, 2.24) is 35.5 Å². The molecule has 108 heavy (non-hydrogen) atoms. The monoisotopic (exact) mass is 1450 g/mol. The number of benzene rings is 4. The van der Waals surface area contributed by atoms with Crippen LogP contribution in [0.25, 0.3) is 5.57 Å². The first-order valence-electron chi connectivity index (χ1n) is 40.0. The second kappa shape index (κ2) is 39.4. The molecular weight excluding hydrogens is 1340 g/mol. The molecule has 2 aliphatic heterocycles. The molecular formula is C94H116N9O5+. The van der Waals surface area contributed by atoms with E-state index in [9.17, 15) is 9.59 Å². The Bertz CT molecular complexity index is 4210. The SMILES string of the molecule is CCCCC[C@H](NC(=O)CCc1ccc(C2=C(/C=C/C3=[N+](CCCCC)c4ccc(OC)cc4C3(C)C)CCC/C2=C\C=C2\N(CCCC)c3ccc(OC)cc3C2(C)C)cc1)C(=O)NCCCCOc1cc(CC(Cc2ccccn2)Cc2ccccn2)cc(CN(Cc2ccccn2)Cc2ccccn2)c1. The van der Waals surface area contributed by atoms with Crippen LogP contribution in [0, 0.1) is 5.92 Å².